The van der Waals surface area contributed by atoms with Crippen molar-refractivity contribution in [2.24, 2.45) is 0 Å². The van der Waals surface area contributed by atoms with Gasteiger partial charge >= 0.3 is 0 Å². The molecule has 21 heavy (non-hydrogen) atoms. The molecular formula is C17H22N4. The number of nitrogens with one attached hydrogen (secondary N) is 1. The summed E-state index contributed by atoms with van der Waals surface area (Å²) < 4.78 is 0. The van der Waals surface area contributed by atoms with Crippen molar-refractivity contribution in [3.8, 4) is 0 Å². The molecule has 4 nitrogen and oxygen atoms in total. The van der Waals surface area contributed by atoms with Crippen molar-refractivity contribution >= 4 is 17.3 Å². The van der Waals surface area contributed by atoms with Gasteiger partial charge in [0.2, 0.25) is 0 Å². The molecule has 1 aromatic carbocycles. The summed E-state index contributed by atoms with van der Waals surface area (Å²) in [7, 11) is 0. The summed E-state index contributed by atoms with van der Waals surface area (Å²) in [4.78, 5) is 11.2. The molecule has 4 heteroatoms. The van der Waals surface area contributed by atoms with Crippen molar-refractivity contribution in [3.05, 3.63) is 41.2 Å². The number of benzene rings is 1. The monoisotopic (exact) mass is 282 g/mol. The summed E-state index contributed by atoms with van der Waals surface area (Å²) in [6, 6.07) is 6.69. The zero-order valence-corrected chi connectivity index (χ0v) is 13.0. The molecule has 110 valence electrons. The third-order valence-electron chi connectivity index (χ3n) is 4.01. The number of nitrogens with zero attached hydrogens (tertiary/aromatic N) is 3. The van der Waals surface area contributed by atoms with E-state index in [2.05, 4.69) is 59.2 Å². The number of aryl methyl sites for hydroxylation is 2. The van der Waals surface area contributed by atoms with Gasteiger partial charge in [0.1, 0.15) is 18.0 Å². The number of fused-ring (bicyclic) bond motifs is 1. The predicted octanol–water partition coefficient (Wildman–Crippen LogP) is 3.61. The molecule has 1 N–H and O–H groups in total. The van der Waals surface area contributed by atoms with E-state index in [0.29, 0.717) is 0 Å². The van der Waals surface area contributed by atoms with Gasteiger partial charge in [-0.1, -0.05) is 17.7 Å². The van der Waals surface area contributed by atoms with Gasteiger partial charge in [-0.05, 0) is 45.2 Å². The van der Waals surface area contributed by atoms with Crippen LogP contribution in [0.15, 0.2) is 24.5 Å². The topological polar surface area (TPSA) is 41.1 Å². The molecule has 0 spiro atoms. The van der Waals surface area contributed by atoms with Gasteiger partial charge in [-0.25, -0.2) is 9.97 Å². The average Bonchev–Trinajstić information content (AvgIpc) is 2.49. The molecule has 3 rings (SSSR count). The Morgan fingerprint density at radius 2 is 2.10 bits per heavy atom. The van der Waals surface area contributed by atoms with Crippen molar-refractivity contribution in [2.45, 2.75) is 33.6 Å². The summed E-state index contributed by atoms with van der Waals surface area (Å²) in [5.74, 6) is 1.95. The number of hydrogen-bond donors (Lipinski definition) is 1. The highest BCUT2D eigenvalue weighted by molar-refractivity contribution is 5.70. The average molecular weight is 282 g/mol. The van der Waals surface area contributed by atoms with Gasteiger partial charge in [-0.3, -0.25) is 0 Å². The lowest BCUT2D eigenvalue weighted by Gasteiger charge is -2.32. The van der Waals surface area contributed by atoms with Crippen LogP contribution in [-0.4, -0.2) is 23.1 Å². The van der Waals surface area contributed by atoms with Crippen LogP contribution in [0.1, 0.15) is 30.0 Å². The fourth-order valence-corrected chi connectivity index (χ4v) is 3.00. The van der Waals surface area contributed by atoms with E-state index in [1.54, 1.807) is 6.33 Å². The lowest BCUT2D eigenvalue weighted by atomic mass is 9.99. The van der Waals surface area contributed by atoms with E-state index < -0.39 is 0 Å². The van der Waals surface area contributed by atoms with Gasteiger partial charge in [0, 0.05) is 24.3 Å². The second kappa shape index (κ2) is 5.72. The van der Waals surface area contributed by atoms with Crippen LogP contribution in [-0.2, 0) is 6.42 Å². The Bertz CT molecular complexity index is 651. The Labute approximate surface area is 126 Å². The SMILES string of the molecule is CCNc1ncnc(N2CCCc3cc(C)ccc32)c1C. The second-order valence-electron chi connectivity index (χ2n) is 5.59. The van der Waals surface area contributed by atoms with Crippen molar-refractivity contribution in [2.75, 3.05) is 23.3 Å². The van der Waals surface area contributed by atoms with Crippen molar-refractivity contribution in [3.63, 3.8) is 0 Å². The number of rotatable bonds is 3. The molecule has 0 unspecified atom stereocenters. The number of aromatic nitrogens is 2. The van der Waals surface area contributed by atoms with Crippen LogP contribution in [0.3, 0.4) is 0 Å². The molecule has 1 aliphatic rings. The molecule has 0 saturated heterocycles. The van der Waals surface area contributed by atoms with Gasteiger partial charge in [0.15, 0.2) is 0 Å². The highest BCUT2D eigenvalue weighted by atomic mass is 15.2. The molecule has 0 fully saturated rings. The molecule has 0 aliphatic carbocycles. The van der Waals surface area contributed by atoms with Crippen LogP contribution in [0.25, 0.3) is 0 Å². The van der Waals surface area contributed by atoms with Gasteiger partial charge in [-0.2, -0.15) is 0 Å². The maximum Gasteiger partial charge on any atom is 0.141 e. The van der Waals surface area contributed by atoms with E-state index in [0.717, 1.165) is 43.1 Å². The number of anilines is 3. The summed E-state index contributed by atoms with van der Waals surface area (Å²) in [5.41, 5.74) is 5.15. The van der Waals surface area contributed by atoms with E-state index >= 15 is 0 Å². The van der Waals surface area contributed by atoms with Gasteiger partial charge in [-0.15, -0.1) is 0 Å². The maximum atomic E-state index is 4.54. The lowest BCUT2D eigenvalue weighted by Crippen LogP contribution is -2.26. The second-order valence-corrected chi connectivity index (χ2v) is 5.59. The van der Waals surface area contributed by atoms with Gasteiger partial charge in [0.25, 0.3) is 0 Å². The third-order valence-corrected chi connectivity index (χ3v) is 4.01. The van der Waals surface area contributed by atoms with Crippen LogP contribution in [0.2, 0.25) is 0 Å². The molecule has 1 aliphatic heterocycles. The molecule has 0 saturated carbocycles. The fraction of sp³-hybridized carbons (Fsp3) is 0.412. The largest absolute Gasteiger partial charge is 0.370 e. The smallest absolute Gasteiger partial charge is 0.141 e. The van der Waals surface area contributed by atoms with E-state index in [-0.39, 0.29) is 0 Å². The third kappa shape index (κ3) is 2.58. The van der Waals surface area contributed by atoms with E-state index in [1.165, 1.54) is 16.8 Å². The van der Waals surface area contributed by atoms with Crippen LogP contribution in [0.5, 0.6) is 0 Å². The van der Waals surface area contributed by atoms with Crippen molar-refractivity contribution < 1.29 is 0 Å². The highest BCUT2D eigenvalue weighted by Crippen LogP contribution is 2.35. The molecule has 2 heterocycles. The first-order chi connectivity index (χ1) is 10.2. The normalized spacial score (nSPS) is 14.0. The van der Waals surface area contributed by atoms with Crippen molar-refractivity contribution in [1.29, 1.82) is 0 Å². The fourth-order valence-electron chi connectivity index (χ4n) is 3.00. The molecule has 0 radical (unpaired) electrons. The lowest BCUT2D eigenvalue weighted by molar-refractivity contribution is 0.755. The predicted molar refractivity (Wildman–Crippen MR) is 87.4 cm³/mol. The van der Waals surface area contributed by atoms with Gasteiger partial charge in [0.05, 0.1) is 0 Å². The Kier molecular flexibility index (Phi) is 3.78. The van der Waals surface area contributed by atoms with Crippen LogP contribution < -0.4 is 10.2 Å². The van der Waals surface area contributed by atoms with Crippen molar-refractivity contribution in [1.82, 2.24) is 9.97 Å². The molecule has 2 aromatic rings. The minimum Gasteiger partial charge on any atom is -0.370 e. The molecule has 1 aromatic heterocycles. The Morgan fingerprint density at radius 3 is 2.90 bits per heavy atom. The van der Waals surface area contributed by atoms with Crippen LogP contribution in [0.4, 0.5) is 17.3 Å². The van der Waals surface area contributed by atoms with Crippen LogP contribution >= 0.6 is 0 Å². The summed E-state index contributed by atoms with van der Waals surface area (Å²) in [5, 5.41) is 3.31. The maximum absolute atomic E-state index is 4.54. The highest BCUT2D eigenvalue weighted by Gasteiger charge is 2.21. The van der Waals surface area contributed by atoms with E-state index in [1.807, 2.05) is 0 Å². The Morgan fingerprint density at radius 1 is 1.24 bits per heavy atom. The molecule has 0 bridgehead atoms. The summed E-state index contributed by atoms with van der Waals surface area (Å²) in [6.07, 6.45) is 3.97. The summed E-state index contributed by atoms with van der Waals surface area (Å²) in [6.45, 7) is 8.21. The van der Waals surface area contributed by atoms with Crippen LogP contribution in [0, 0.1) is 13.8 Å². The minimum absolute atomic E-state index is 0.868. The molecule has 0 amide bonds. The molecule has 0 atom stereocenters. The first kappa shape index (κ1) is 13.9. The van der Waals surface area contributed by atoms with E-state index in [9.17, 15) is 0 Å². The Hall–Kier alpha value is -2.10. The Balaban J connectivity index is 2.05. The molecular weight excluding hydrogens is 260 g/mol. The summed E-state index contributed by atoms with van der Waals surface area (Å²) >= 11 is 0. The quantitative estimate of drug-likeness (QED) is 0.933. The zero-order chi connectivity index (χ0) is 14.8. The standard InChI is InChI=1S/C17H22N4/c1-4-18-16-13(3)17(20-11-19-16)21-9-5-6-14-10-12(2)7-8-15(14)21/h7-8,10-11H,4-6,9H2,1-3H3,(H,18,19,20). The number of hydrogen-bond acceptors (Lipinski definition) is 4. The zero-order valence-electron chi connectivity index (χ0n) is 13.0. The minimum atomic E-state index is 0.868. The first-order valence-corrected chi connectivity index (χ1v) is 7.63. The van der Waals surface area contributed by atoms with Gasteiger partial charge < -0.3 is 10.2 Å². The van der Waals surface area contributed by atoms with E-state index in [4.69, 9.17) is 0 Å². The first-order valence-electron chi connectivity index (χ1n) is 7.63.